The summed E-state index contributed by atoms with van der Waals surface area (Å²) < 4.78 is 2.24. The number of hydrogen-bond acceptors (Lipinski definition) is 6. The van der Waals surface area contributed by atoms with E-state index in [0.29, 0.717) is 5.69 Å². The number of imidazole rings is 1. The maximum Gasteiger partial charge on any atom is 0.282 e. The zero-order valence-corrected chi connectivity index (χ0v) is 18.6. The van der Waals surface area contributed by atoms with E-state index in [1.165, 1.54) is 12.1 Å². The number of likely N-dealkylation sites (N-methyl/N-ethyl adjacent to an activating group) is 1. The summed E-state index contributed by atoms with van der Waals surface area (Å²) in [7, 11) is 2.14. The van der Waals surface area contributed by atoms with Crippen LogP contribution in [0.25, 0.3) is 11.0 Å². The van der Waals surface area contributed by atoms with Crippen molar-refractivity contribution in [3.05, 3.63) is 64.0 Å². The van der Waals surface area contributed by atoms with Gasteiger partial charge in [0.25, 0.3) is 11.6 Å². The van der Waals surface area contributed by atoms with E-state index in [9.17, 15) is 14.9 Å². The number of nitro benzene ring substituents is 1. The second-order valence-corrected chi connectivity index (χ2v) is 8.50. The number of rotatable bonds is 6. The van der Waals surface area contributed by atoms with Crippen LogP contribution < -0.4 is 5.32 Å². The Bertz CT molecular complexity index is 1150. The number of aromatic nitrogens is 2. The summed E-state index contributed by atoms with van der Waals surface area (Å²) in [5.74, 6) is 0.485. The van der Waals surface area contributed by atoms with Gasteiger partial charge in [-0.15, -0.1) is 0 Å². The third kappa shape index (κ3) is 4.49. The molecule has 0 bridgehead atoms. The van der Waals surface area contributed by atoms with E-state index >= 15 is 0 Å². The molecule has 2 heterocycles. The number of carbonyl (C=O) groups excluding carboxylic acids is 1. The molecule has 3 aromatic rings. The van der Waals surface area contributed by atoms with Crippen molar-refractivity contribution in [1.82, 2.24) is 19.4 Å². The molecule has 0 spiro atoms. The highest BCUT2D eigenvalue weighted by Gasteiger charge is 2.21. The van der Waals surface area contributed by atoms with Crippen molar-refractivity contribution in [2.24, 2.45) is 0 Å². The molecule has 9 heteroatoms. The molecule has 4 rings (SSSR count). The summed E-state index contributed by atoms with van der Waals surface area (Å²) >= 11 is 0. The molecule has 0 atom stereocenters. The molecule has 168 valence electrons. The number of piperazine rings is 1. The fraction of sp³-hybridized carbons (Fsp3) is 0.391. The predicted molar refractivity (Wildman–Crippen MR) is 124 cm³/mol. The van der Waals surface area contributed by atoms with Crippen LogP contribution in [0.5, 0.6) is 0 Å². The van der Waals surface area contributed by atoms with Crippen LogP contribution in [0.15, 0.2) is 42.5 Å². The number of hydrogen-bond donors (Lipinski definition) is 1. The zero-order chi connectivity index (χ0) is 22.8. The smallest absolute Gasteiger partial charge is 0.282 e. The Labute approximate surface area is 186 Å². The van der Waals surface area contributed by atoms with Gasteiger partial charge in [0.1, 0.15) is 11.4 Å². The highest BCUT2D eigenvalue weighted by Crippen LogP contribution is 2.26. The lowest BCUT2D eigenvalue weighted by atomic mass is 10.1. The third-order valence-corrected chi connectivity index (χ3v) is 5.84. The molecular weight excluding hydrogens is 408 g/mol. The monoisotopic (exact) mass is 436 g/mol. The Morgan fingerprint density at radius 1 is 1.16 bits per heavy atom. The molecule has 9 nitrogen and oxygen atoms in total. The number of amides is 1. The Morgan fingerprint density at radius 3 is 2.56 bits per heavy atom. The molecule has 1 N–H and O–H groups in total. The van der Waals surface area contributed by atoms with Crippen LogP contribution in [-0.2, 0) is 6.54 Å². The lowest BCUT2D eigenvalue weighted by molar-refractivity contribution is -0.385. The molecule has 0 saturated carbocycles. The van der Waals surface area contributed by atoms with Crippen LogP contribution in [0.1, 0.15) is 36.1 Å². The predicted octanol–water partition coefficient (Wildman–Crippen LogP) is 3.53. The minimum atomic E-state index is -0.549. The largest absolute Gasteiger partial charge is 0.324 e. The number of para-hydroxylation sites is 1. The Morgan fingerprint density at radius 2 is 1.88 bits per heavy atom. The lowest BCUT2D eigenvalue weighted by Crippen LogP contribution is -2.44. The van der Waals surface area contributed by atoms with Gasteiger partial charge < -0.3 is 14.8 Å². The van der Waals surface area contributed by atoms with Crippen molar-refractivity contribution in [2.75, 3.05) is 38.5 Å². The molecule has 1 saturated heterocycles. The van der Waals surface area contributed by atoms with Gasteiger partial charge in [-0.25, -0.2) is 4.98 Å². The van der Waals surface area contributed by atoms with E-state index in [2.05, 4.69) is 40.6 Å². The van der Waals surface area contributed by atoms with Gasteiger partial charge in [0.15, 0.2) is 0 Å². The van der Waals surface area contributed by atoms with Crippen LogP contribution >= 0.6 is 0 Å². The van der Waals surface area contributed by atoms with E-state index < -0.39 is 10.8 Å². The highest BCUT2D eigenvalue weighted by molar-refractivity contribution is 6.07. The van der Waals surface area contributed by atoms with Crippen molar-refractivity contribution >= 4 is 28.3 Å². The summed E-state index contributed by atoms with van der Waals surface area (Å²) in [4.78, 5) is 33.0. The van der Waals surface area contributed by atoms with Gasteiger partial charge in [0.2, 0.25) is 0 Å². The van der Waals surface area contributed by atoms with Gasteiger partial charge in [-0.1, -0.05) is 12.1 Å². The Balaban J connectivity index is 1.60. The minimum absolute atomic E-state index is 0.0288. The average Bonchev–Trinajstić information content (AvgIpc) is 3.12. The number of nitro groups is 1. The minimum Gasteiger partial charge on any atom is -0.324 e. The van der Waals surface area contributed by atoms with Gasteiger partial charge in [-0.2, -0.15) is 0 Å². The van der Waals surface area contributed by atoms with Crippen LogP contribution in [0.3, 0.4) is 0 Å². The van der Waals surface area contributed by atoms with Gasteiger partial charge in [-0.05, 0) is 45.2 Å². The molecule has 1 aliphatic heterocycles. The number of benzene rings is 2. The van der Waals surface area contributed by atoms with Gasteiger partial charge in [0.05, 0.1) is 22.5 Å². The maximum absolute atomic E-state index is 12.7. The van der Waals surface area contributed by atoms with E-state index in [0.717, 1.165) is 49.6 Å². The van der Waals surface area contributed by atoms with Gasteiger partial charge in [0, 0.05) is 44.0 Å². The molecule has 1 aliphatic rings. The van der Waals surface area contributed by atoms with Gasteiger partial charge >= 0.3 is 0 Å². The average molecular weight is 437 g/mol. The molecule has 0 unspecified atom stereocenters. The summed E-state index contributed by atoms with van der Waals surface area (Å²) in [6.45, 7) is 9.16. The molecular formula is C23H28N6O3. The highest BCUT2D eigenvalue weighted by atomic mass is 16.6. The molecule has 1 aromatic heterocycles. The summed E-state index contributed by atoms with van der Waals surface area (Å²) in [6.07, 6.45) is 0. The van der Waals surface area contributed by atoms with Crippen molar-refractivity contribution in [3.63, 3.8) is 0 Å². The first kappa shape index (κ1) is 21.9. The summed E-state index contributed by atoms with van der Waals surface area (Å²) in [5, 5.41) is 14.0. The molecule has 2 aromatic carbocycles. The first-order chi connectivity index (χ1) is 15.3. The number of carbonyl (C=O) groups is 1. The van der Waals surface area contributed by atoms with Crippen molar-refractivity contribution in [1.29, 1.82) is 0 Å². The van der Waals surface area contributed by atoms with Crippen LogP contribution in [0, 0.1) is 10.1 Å². The topological polar surface area (TPSA) is 96.5 Å². The first-order valence-electron chi connectivity index (χ1n) is 10.8. The van der Waals surface area contributed by atoms with E-state index in [1.54, 1.807) is 12.1 Å². The summed E-state index contributed by atoms with van der Waals surface area (Å²) in [5.41, 5.74) is 2.17. The van der Waals surface area contributed by atoms with Crippen LogP contribution in [0.2, 0.25) is 0 Å². The number of nitrogens with one attached hydrogen (secondary N) is 1. The Kier molecular flexibility index (Phi) is 6.20. The van der Waals surface area contributed by atoms with Crippen molar-refractivity contribution in [2.45, 2.75) is 26.4 Å². The van der Waals surface area contributed by atoms with E-state index in [-0.39, 0.29) is 17.3 Å². The SMILES string of the molecule is CC(C)n1c(CN2CCN(C)CC2)nc2cc(NC(=O)c3ccccc3[N+](=O)[O-])ccc21. The standard InChI is InChI=1S/C23H28N6O3/c1-16(2)28-21-9-8-17(24-23(30)18-6-4-5-7-20(18)29(31)32)14-19(21)25-22(28)15-27-12-10-26(3)11-13-27/h4-9,14,16H,10-13,15H2,1-3H3,(H,24,30). The Hall–Kier alpha value is -3.30. The van der Waals surface area contributed by atoms with Crippen LogP contribution in [0.4, 0.5) is 11.4 Å². The quantitative estimate of drug-likeness (QED) is 0.469. The maximum atomic E-state index is 12.7. The number of fused-ring (bicyclic) bond motifs is 1. The molecule has 0 aliphatic carbocycles. The zero-order valence-electron chi connectivity index (χ0n) is 18.6. The molecule has 0 radical (unpaired) electrons. The van der Waals surface area contributed by atoms with Crippen molar-refractivity contribution in [3.8, 4) is 0 Å². The van der Waals surface area contributed by atoms with E-state index in [4.69, 9.17) is 4.98 Å². The fourth-order valence-corrected chi connectivity index (χ4v) is 4.14. The number of nitrogens with zero attached hydrogens (tertiary/aromatic N) is 5. The summed E-state index contributed by atoms with van der Waals surface area (Å²) in [6, 6.07) is 11.8. The fourth-order valence-electron chi connectivity index (χ4n) is 4.14. The van der Waals surface area contributed by atoms with Crippen molar-refractivity contribution < 1.29 is 9.72 Å². The third-order valence-electron chi connectivity index (χ3n) is 5.84. The van der Waals surface area contributed by atoms with Crippen LogP contribution in [-0.4, -0.2) is 63.4 Å². The first-order valence-corrected chi connectivity index (χ1v) is 10.8. The van der Waals surface area contributed by atoms with E-state index in [1.807, 2.05) is 18.2 Å². The second kappa shape index (κ2) is 9.05. The molecule has 1 fully saturated rings. The number of anilines is 1. The normalized spacial score (nSPS) is 15.4. The molecule has 32 heavy (non-hydrogen) atoms. The molecule has 1 amide bonds. The van der Waals surface area contributed by atoms with Gasteiger partial charge in [-0.3, -0.25) is 19.8 Å². The lowest BCUT2D eigenvalue weighted by Gasteiger charge is -2.32. The second-order valence-electron chi connectivity index (χ2n) is 8.50.